The number of rotatable bonds is 4. The van der Waals surface area contributed by atoms with E-state index >= 15 is 0 Å². The van der Waals surface area contributed by atoms with Crippen molar-refractivity contribution < 1.29 is 13.2 Å². The number of nitrogens with one attached hydrogen (secondary N) is 1. The Morgan fingerprint density at radius 1 is 0.970 bits per heavy atom. The van der Waals surface area contributed by atoms with Gasteiger partial charge in [0.1, 0.15) is 0 Å². The summed E-state index contributed by atoms with van der Waals surface area (Å²) < 4.78 is 41.7. The van der Waals surface area contributed by atoms with Gasteiger partial charge in [-0.3, -0.25) is 0 Å². The number of nitrogens with zero attached hydrogens (tertiary/aromatic N) is 3. The number of hydrogen-bond donors (Lipinski definition) is 1. The second-order valence-corrected chi connectivity index (χ2v) is 9.38. The Kier molecular flexibility index (Phi) is 6.16. The third kappa shape index (κ3) is 4.52. The number of alkyl halides is 3. The zero-order valence-electron chi connectivity index (χ0n) is 17.9. The fraction of sp³-hybridized carbons (Fsp3) is 0.375. The van der Waals surface area contributed by atoms with Crippen LogP contribution in [0.5, 0.6) is 0 Å². The van der Waals surface area contributed by atoms with E-state index in [0.29, 0.717) is 40.7 Å². The monoisotopic (exact) mass is 494 g/mol. The number of halogens is 5. The topological polar surface area (TPSA) is 33.1 Å². The molecule has 1 aromatic heterocycles. The van der Waals surface area contributed by atoms with Crippen molar-refractivity contribution in [2.24, 2.45) is 0 Å². The van der Waals surface area contributed by atoms with Crippen molar-refractivity contribution in [3.8, 4) is 16.9 Å². The summed E-state index contributed by atoms with van der Waals surface area (Å²) in [5.41, 5.74) is 7.64. The van der Waals surface area contributed by atoms with E-state index in [0.717, 1.165) is 54.5 Å². The minimum Gasteiger partial charge on any atom is -0.249 e. The highest BCUT2D eigenvalue weighted by Crippen LogP contribution is 2.41. The van der Waals surface area contributed by atoms with Crippen LogP contribution in [0.1, 0.15) is 41.6 Å². The summed E-state index contributed by atoms with van der Waals surface area (Å²) in [6.07, 6.45) is 0.338. The molecule has 2 aliphatic rings. The average molecular weight is 495 g/mol. The van der Waals surface area contributed by atoms with Crippen LogP contribution in [0.4, 0.5) is 13.2 Å². The number of aromatic nitrogens is 2. The lowest BCUT2D eigenvalue weighted by molar-refractivity contribution is -0.137. The highest BCUT2D eigenvalue weighted by atomic mass is 35.5. The lowest BCUT2D eigenvalue weighted by Crippen LogP contribution is -2.41. The van der Waals surface area contributed by atoms with Gasteiger partial charge in [0.05, 0.1) is 34.2 Å². The van der Waals surface area contributed by atoms with E-state index in [2.05, 4.69) is 10.4 Å². The predicted molar refractivity (Wildman–Crippen MR) is 124 cm³/mol. The molecule has 0 bridgehead atoms. The SMILES string of the molecule is FC(F)(F)c1ccc2c(c1)CCc1c(CNN3CCCCC3)nn(-c3ccc(Cl)cc3Cl)c1-2. The average Bonchev–Trinajstić information content (AvgIpc) is 3.16. The molecule has 9 heteroatoms. The standard InChI is InChI=1S/C24H23Cl2F3N4/c25-17-6-9-22(20(26)13-17)33-23-18-8-5-16(24(27,28)29)12-15(18)4-7-19(23)21(31-33)14-30-32-10-2-1-3-11-32/h5-6,8-9,12-13,30H,1-4,7,10-11,14H2. The fourth-order valence-corrected chi connectivity index (χ4v) is 5.20. The number of fused-ring (bicyclic) bond motifs is 3. The van der Waals surface area contributed by atoms with E-state index in [-0.39, 0.29) is 0 Å². The summed E-state index contributed by atoms with van der Waals surface area (Å²) >= 11 is 12.6. The maximum absolute atomic E-state index is 13.3. The molecule has 33 heavy (non-hydrogen) atoms. The predicted octanol–water partition coefficient (Wildman–Crippen LogP) is 6.45. The Labute approximate surface area is 200 Å². The van der Waals surface area contributed by atoms with Crippen molar-refractivity contribution in [1.29, 1.82) is 0 Å². The zero-order valence-corrected chi connectivity index (χ0v) is 19.4. The molecule has 0 radical (unpaired) electrons. The molecular weight excluding hydrogens is 472 g/mol. The van der Waals surface area contributed by atoms with Gasteiger partial charge in [0.15, 0.2) is 0 Å². The van der Waals surface area contributed by atoms with Crippen molar-refractivity contribution in [3.05, 3.63) is 68.8 Å². The number of hydrazine groups is 1. The molecule has 1 aliphatic carbocycles. The molecule has 0 saturated carbocycles. The lowest BCUT2D eigenvalue weighted by Gasteiger charge is -2.27. The van der Waals surface area contributed by atoms with E-state index in [1.165, 1.54) is 12.5 Å². The number of benzene rings is 2. The van der Waals surface area contributed by atoms with E-state index in [9.17, 15) is 13.2 Å². The molecule has 0 unspecified atom stereocenters. The number of aryl methyl sites for hydroxylation is 1. The molecule has 0 spiro atoms. The van der Waals surface area contributed by atoms with Crippen molar-refractivity contribution in [3.63, 3.8) is 0 Å². The first-order valence-electron chi connectivity index (χ1n) is 11.1. The third-order valence-corrected chi connectivity index (χ3v) is 6.90. The van der Waals surface area contributed by atoms with E-state index in [1.54, 1.807) is 28.9 Å². The largest absolute Gasteiger partial charge is 0.416 e. The lowest BCUT2D eigenvalue weighted by atomic mass is 9.87. The quantitative estimate of drug-likeness (QED) is 0.452. The van der Waals surface area contributed by atoms with Gasteiger partial charge < -0.3 is 0 Å². The third-order valence-electron chi connectivity index (χ3n) is 6.36. The molecule has 1 N–H and O–H groups in total. The molecule has 1 aliphatic heterocycles. The minimum atomic E-state index is -4.38. The molecule has 2 heterocycles. The highest BCUT2D eigenvalue weighted by Gasteiger charge is 2.33. The summed E-state index contributed by atoms with van der Waals surface area (Å²) in [4.78, 5) is 0. The maximum Gasteiger partial charge on any atom is 0.416 e. The number of hydrogen-bond acceptors (Lipinski definition) is 3. The normalized spacial score (nSPS) is 16.5. The molecule has 1 saturated heterocycles. The van der Waals surface area contributed by atoms with Crippen molar-refractivity contribution >= 4 is 23.2 Å². The molecule has 3 aromatic rings. The Balaban J connectivity index is 1.59. The van der Waals surface area contributed by atoms with Crippen LogP contribution in [0, 0.1) is 0 Å². The first kappa shape index (κ1) is 22.7. The molecule has 0 amide bonds. The molecule has 5 rings (SSSR count). The first-order valence-corrected chi connectivity index (χ1v) is 11.8. The smallest absolute Gasteiger partial charge is 0.249 e. The summed E-state index contributed by atoms with van der Waals surface area (Å²) in [5, 5.41) is 8.04. The molecule has 174 valence electrons. The second-order valence-electron chi connectivity index (χ2n) is 8.53. The Hall–Kier alpha value is -2.06. The Bertz CT molecular complexity index is 1180. The van der Waals surface area contributed by atoms with Gasteiger partial charge in [-0.15, -0.1) is 0 Å². The summed E-state index contributed by atoms with van der Waals surface area (Å²) in [6, 6.07) is 9.12. The van der Waals surface area contributed by atoms with Crippen molar-refractivity contribution in [1.82, 2.24) is 20.2 Å². The first-order chi connectivity index (χ1) is 15.8. The van der Waals surface area contributed by atoms with Crippen LogP contribution in [0.25, 0.3) is 16.9 Å². The van der Waals surface area contributed by atoms with E-state index < -0.39 is 11.7 Å². The van der Waals surface area contributed by atoms with Gasteiger partial charge in [-0.2, -0.15) is 18.3 Å². The van der Waals surface area contributed by atoms with Crippen LogP contribution in [0.15, 0.2) is 36.4 Å². The highest BCUT2D eigenvalue weighted by molar-refractivity contribution is 6.35. The van der Waals surface area contributed by atoms with Gasteiger partial charge in [-0.25, -0.2) is 15.1 Å². The number of piperidine rings is 1. The summed E-state index contributed by atoms with van der Waals surface area (Å²) in [5.74, 6) is 0. The van der Waals surface area contributed by atoms with Gasteiger partial charge in [0.25, 0.3) is 0 Å². The van der Waals surface area contributed by atoms with E-state index in [1.807, 2.05) is 0 Å². The van der Waals surface area contributed by atoms with Gasteiger partial charge in [0.2, 0.25) is 0 Å². The van der Waals surface area contributed by atoms with Gasteiger partial charge >= 0.3 is 6.18 Å². The second kappa shape index (κ2) is 8.95. The van der Waals surface area contributed by atoms with Crippen LogP contribution < -0.4 is 5.43 Å². The van der Waals surface area contributed by atoms with Crippen LogP contribution in [-0.2, 0) is 25.6 Å². The minimum absolute atomic E-state index is 0.433. The molecular formula is C24H23Cl2F3N4. The van der Waals surface area contributed by atoms with Crippen LogP contribution >= 0.6 is 23.2 Å². The van der Waals surface area contributed by atoms with Crippen molar-refractivity contribution in [2.75, 3.05) is 13.1 Å². The molecule has 4 nitrogen and oxygen atoms in total. The van der Waals surface area contributed by atoms with Gasteiger partial charge in [-0.1, -0.05) is 35.7 Å². The zero-order chi connectivity index (χ0) is 23.2. The maximum atomic E-state index is 13.3. The fourth-order valence-electron chi connectivity index (χ4n) is 4.71. The van der Waals surface area contributed by atoms with Crippen molar-refractivity contribution in [2.45, 2.75) is 44.8 Å². The van der Waals surface area contributed by atoms with Gasteiger partial charge in [0, 0.05) is 29.2 Å². The molecule has 2 aromatic carbocycles. The van der Waals surface area contributed by atoms with E-state index in [4.69, 9.17) is 28.3 Å². The van der Waals surface area contributed by atoms with Gasteiger partial charge in [-0.05, 0) is 61.6 Å². The summed E-state index contributed by atoms with van der Waals surface area (Å²) in [6.45, 7) is 2.54. The molecule has 0 atom stereocenters. The molecule has 1 fully saturated rings. The Morgan fingerprint density at radius 2 is 1.76 bits per heavy atom. The van der Waals surface area contributed by atoms with Crippen LogP contribution in [-0.4, -0.2) is 27.9 Å². The van der Waals surface area contributed by atoms with Crippen LogP contribution in [0.3, 0.4) is 0 Å². The Morgan fingerprint density at radius 3 is 2.48 bits per heavy atom. The summed E-state index contributed by atoms with van der Waals surface area (Å²) in [7, 11) is 0. The van der Waals surface area contributed by atoms with Crippen LogP contribution in [0.2, 0.25) is 10.0 Å².